The van der Waals surface area contributed by atoms with Crippen molar-refractivity contribution < 1.29 is 14.6 Å². The molecule has 0 aliphatic rings. The number of aromatic nitrogens is 1. The van der Waals surface area contributed by atoms with Gasteiger partial charge in [0, 0.05) is 22.5 Å². The van der Waals surface area contributed by atoms with E-state index in [1.165, 1.54) is 4.57 Å². The van der Waals surface area contributed by atoms with Gasteiger partial charge in [-0.25, -0.2) is 4.79 Å². The maximum Gasteiger partial charge on any atom is 0.416 e. The molecule has 0 amide bonds. The van der Waals surface area contributed by atoms with Crippen LogP contribution in [0.25, 0.3) is 10.9 Å². The number of benzene rings is 1. The topological polar surface area (TPSA) is 51.5 Å². The van der Waals surface area contributed by atoms with Crippen LogP contribution in [0.1, 0.15) is 11.1 Å². The van der Waals surface area contributed by atoms with Crippen molar-refractivity contribution >= 4 is 32.9 Å². The zero-order valence-corrected chi connectivity index (χ0v) is 11.1. The van der Waals surface area contributed by atoms with Crippen LogP contribution >= 0.6 is 15.9 Å². The lowest BCUT2D eigenvalue weighted by molar-refractivity contribution is 0.197. The lowest BCUT2D eigenvalue weighted by atomic mass is 10.1. The molecular formula is C12H12BrNO3. The van der Waals surface area contributed by atoms with Crippen LogP contribution < -0.4 is 4.74 Å². The van der Waals surface area contributed by atoms with Crippen molar-refractivity contribution in [3.8, 4) is 5.75 Å². The van der Waals surface area contributed by atoms with Gasteiger partial charge in [-0.3, -0.25) is 4.57 Å². The van der Waals surface area contributed by atoms with Crippen molar-refractivity contribution in [2.75, 3.05) is 7.11 Å². The quantitative estimate of drug-likeness (QED) is 0.865. The number of aryl methyl sites for hydroxylation is 1. The number of nitrogens with zero attached hydrogens (tertiary/aromatic N) is 1. The monoisotopic (exact) mass is 297 g/mol. The van der Waals surface area contributed by atoms with E-state index in [9.17, 15) is 4.79 Å². The van der Waals surface area contributed by atoms with E-state index in [0.29, 0.717) is 10.8 Å². The van der Waals surface area contributed by atoms with Crippen LogP contribution in [0, 0.1) is 6.92 Å². The lowest BCUT2D eigenvalue weighted by Crippen LogP contribution is -2.07. The zero-order chi connectivity index (χ0) is 12.6. The average molecular weight is 298 g/mol. The van der Waals surface area contributed by atoms with E-state index in [4.69, 9.17) is 9.84 Å². The standard InChI is InChI=1S/C12H12BrNO3/c1-7-5-10(17-2)9(6-13)8-3-4-14(11(7)8)12(15)16/h3-5H,6H2,1-2H3,(H,15,16). The van der Waals surface area contributed by atoms with Gasteiger partial charge in [0.15, 0.2) is 0 Å². The largest absolute Gasteiger partial charge is 0.496 e. The Balaban J connectivity index is 2.86. The molecule has 17 heavy (non-hydrogen) atoms. The van der Waals surface area contributed by atoms with Crippen LogP contribution in [0.2, 0.25) is 0 Å². The Morgan fingerprint density at radius 2 is 2.29 bits per heavy atom. The summed E-state index contributed by atoms with van der Waals surface area (Å²) < 4.78 is 6.54. The van der Waals surface area contributed by atoms with Crippen molar-refractivity contribution in [2.45, 2.75) is 12.3 Å². The molecular weight excluding hydrogens is 286 g/mol. The first-order chi connectivity index (χ1) is 8.10. The molecule has 1 heterocycles. The number of hydrogen-bond donors (Lipinski definition) is 1. The number of carboxylic acid groups (broad SMARTS) is 1. The summed E-state index contributed by atoms with van der Waals surface area (Å²) in [6.07, 6.45) is 0.583. The highest BCUT2D eigenvalue weighted by Crippen LogP contribution is 2.33. The molecule has 2 rings (SSSR count). The molecule has 1 N–H and O–H groups in total. The summed E-state index contributed by atoms with van der Waals surface area (Å²) in [6.45, 7) is 1.88. The third-order valence-electron chi connectivity index (χ3n) is 2.79. The summed E-state index contributed by atoms with van der Waals surface area (Å²) >= 11 is 3.40. The Bertz CT molecular complexity index is 589. The Morgan fingerprint density at radius 3 is 2.82 bits per heavy atom. The maximum atomic E-state index is 11.1. The van der Waals surface area contributed by atoms with E-state index < -0.39 is 6.09 Å². The molecule has 1 aromatic carbocycles. The fourth-order valence-corrected chi connectivity index (χ4v) is 2.62. The molecule has 0 spiro atoms. The second-order valence-corrected chi connectivity index (χ2v) is 4.30. The predicted octanol–water partition coefficient (Wildman–Crippen LogP) is 3.38. The summed E-state index contributed by atoms with van der Waals surface area (Å²) in [5.41, 5.74) is 2.56. The van der Waals surface area contributed by atoms with Crippen molar-refractivity contribution in [1.29, 1.82) is 0 Å². The molecule has 0 radical (unpaired) electrons. The van der Waals surface area contributed by atoms with Crippen LogP contribution in [0.3, 0.4) is 0 Å². The maximum absolute atomic E-state index is 11.1. The summed E-state index contributed by atoms with van der Waals surface area (Å²) in [5.74, 6) is 0.773. The van der Waals surface area contributed by atoms with Gasteiger partial charge in [0.25, 0.3) is 0 Å². The zero-order valence-electron chi connectivity index (χ0n) is 9.53. The summed E-state index contributed by atoms with van der Waals surface area (Å²) in [5, 5.41) is 10.6. The number of carbonyl (C=O) groups is 1. The Kier molecular flexibility index (Phi) is 3.11. The molecule has 2 aromatic rings. The first-order valence-corrected chi connectivity index (χ1v) is 6.19. The molecule has 0 aliphatic heterocycles. The van der Waals surface area contributed by atoms with Crippen molar-refractivity contribution in [2.24, 2.45) is 0 Å². The van der Waals surface area contributed by atoms with Gasteiger partial charge in [-0.05, 0) is 24.6 Å². The fraction of sp³-hybridized carbons (Fsp3) is 0.250. The van der Waals surface area contributed by atoms with Gasteiger partial charge in [0.2, 0.25) is 0 Å². The van der Waals surface area contributed by atoms with Crippen LogP contribution in [0.4, 0.5) is 4.79 Å². The second kappa shape index (κ2) is 4.41. The molecule has 0 aliphatic carbocycles. The first kappa shape index (κ1) is 12.0. The van der Waals surface area contributed by atoms with E-state index in [1.807, 2.05) is 13.0 Å². The van der Waals surface area contributed by atoms with Gasteiger partial charge in [-0.15, -0.1) is 0 Å². The van der Waals surface area contributed by atoms with Gasteiger partial charge < -0.3 is 9.84 Å². The van der Waals surface area contributed by atoms with Crippen molar-refractivity contribution in [3.63, 3.8) is 0 Å². The highest BCUT2D eigenvalue weighted by Gasteiger charge is 2.15. The normalized spacial score (nSPS) is 10.8. The highest BCUT2D eigenvalue weighted by atomic mass is 79.9. The molecule has 1 aromatic heterocycles. The first-order valence-electron chi connectivity index (χ1n) is 5.07. The number of rotatable bonds is 2. The number of hydrogen-bond acceptors (Lipinski definition) is 2. The number of alkyl halides is 1. The summed E-state index contributed by atoms with van der Waals surface area (Å²) in [4.78, 5) is 11.1. The Labute approximate surface area is 107 Å². The minimum Gasteiger partial charge on any atom is -0.496 e. The molecule has 0 unspecified atom stereocenters. The van der Waals surface area contributed by atoms with Crippen LogP contribution in [0.5, 0.6) is 5.75 Å². The third-order valence-corrected chi connectivity index (χ3v) is 3.35. The smallest absolute Gasteiger partial charge is 0.416 e. The van der Waals surface area contributed by atoms with E-state index in [0.717, 1.165) is 22.3 Å². The predicted molar refractivity (Wildman–Crippen MR) is 69.3 cm³/mol. The number of ether oxygens (including phenoxy) is 1. The molecule has 0 saturated carbocycles. The molecule has 0 fully saturated rings. The van der Waals surface area contributed by atoms with Gasteiger partial charge in [-0.1, -0.05) is 15.9 Å². The minimum absolute atomic E-state index is 0.622. The van der Waals surface area contributed by atoms with Crippen molar-refractivity contribution in [3.05, 3.63) is 29.5 Å². The Morgan fingerprint density at radius 1 is 1.59 bits per heavy atom. The van der Waals surface area contributed by atoms with E-state index in [2.05, 4.69) is 15.9 Å². The average Bonchev–Trinajstić information content (AvgIpc) is 2.73. The molecule has 4 nitrogen and oxygen atoms in total. The lowest BCUT2D eigenvalue weighted by Gasteiger charge is -2.10. The minimum atomic E-state index is -0.978. The van der Waals surface area contributed by atoms with Crippen molar-refractivity contribution in [1.82, 2.24) is 4.57 Å². The van der Waals surface area contributed by atoms with Gasteiger partial charge >= 0.3 is 6.09 Å². The van der Waals surface area contributed by atoms with E-state index >= 15 is 0 Å². The Hall–Kier alpha value is -1.49. The van der Waals surface area contributed by atoms with E-state index in [-0.39, 0.29) is 0 Å². The van der Waals surface area contributed by atoms with Crippen LogP contribution in [-0.4, -0.2) is 22.9 Å². The number of halogens is 1. The SMILES string of the molecule is COc1cc(C)c2c(ccn2C(=O)O)c1CBr. The van der Waals surface area contributed by atoms with Crippen LogP contribution in [-0.2, 0) is 5.33 Å². The highest BCUT2D eigenvalue weighted by molar-refractivity contribution is 9.08. The summed E-state index contributed by atoms with van der Waals surface area (Å²) in [7, 11) is 1.61. The van der Waals surface area contributed by atoms with E-state index in [1.54, 1.807) is 19.4 Å². The van der Waals surface area contributed by atoms with Gasteiger partial charge in [0.1, 0.15) is 5.75 Å². The molecule has 90 valence electrons. The number of methoxy groups -OCH3 is 1. The fourth-order valence-electron chi connectivity index (χ4n) is 2.04. The molecule has 0 bridgehead atoms. The van der Waals surface area contributed by atoms with Gasteiger partial charge in [0.05, 0.1) is 12.6 Å². The molecule has 0 saturated heterocycles. The second-order valence-electron chi connectivity index (χ2n) is 3.74. The van der Waals surface area contributed by atoms with Gasteiger partial charge in [-0.2, -0.15) is 0 Å². The summed E-state index contributed by atoms with van der Waals surface area (Å²) in [6, 6.07) is 3.66. The van der Waals surface area contributed by atoms with Crippen LogP contribution in [0.15, 0.2) is 18.3 Å². The number of fused-ring (bicyclic) bond motifs is 1. The molecule has 0 atom stereocenters. The third kappa shape index (κ3) is 1.80. The molecule has 5 heteroatoms.